The van der Waals surface area contributed by atoms with Crippen LogP contribution in [-0.4, -0.2) is 29.8 Å². The maximum Gasteiger partial charge on any atom is 0.224 e. The van der Waals surface area contributed by atoms with Gasteiger partial charge in [-0.1, -0.05) is 30.3 Å². The number of anilines is 2. The van der Waals surface area contributed by atoms with Gasteiger partial charge in [0.2, 0.25) is 5.91 Å². The Kier molecular flexibility index (Phi) is 5.21. The van der Waals surface area contributed by atoms with Crippen LogP contribution in [0.15, 0.2) is 48.7 Å². The number of rotatable bonds is 6. The van der Waals surface area contributed by atoms with Crippen molar-refractivity contribution in [2.75, 3.05) is 23.3 Å². The Labute approximate surface area is 141 Å². The van der Waals surface area contributed by atoms with Crippen LogP contribution in [0.1, 0.15) is 36.0 Å². The Morgan fingerprint density at radius 1 is 1.00 bits per heavy atom. The molecule has 0 atom stereocenters. The lowest BCUT2D eigenvalue weighted by Crippen LogP contribution is -2.19. The monoisotopic (exact) mass is 323 g/mol. The fourth-order valence-electron chi connectivity index (χ4n) is 2.81. The van der Waals surface area contributed by atoms with Gasteiger partial charge in [-0.05, 0) is 25.0 Å². The Morgan fingerprint density at radius 2 is 1.75 bits per heavy atom. The number of aromatic nitrogens is 1. The normalized spacial score (nSPS) is 13.8. The highest BCUT2D eigenvalue weighted by Gasteiger charge is 2.13. The van der Waals surface area contributed by atoms with Crippen molar-refractivity contribution in [1.29, 1.82) is 0 Å². The summed E-state index contributed by atoms with van der Waals surface area (Å²) >= 11 is 0. The van der Waals surface area contributed by atoms with Crippen LogP contribution in [0.3, 0.4) is 0 Å². The van der Waals surface area contributed by atoms with Crippen molar-refractivity contribution in [2.24, 2.45) is 0 Å². The number of hydrogen-bond acceptors (Lipinski definition) is 4. The van der Waals surface area contributed by atoms with Crippen LogP contribution < -0.4 is 10.2 Å². The summed E-state index contributed by atoms with van der Waals surface area (Å²) < 4.78 is 0. The predicted octanol–water partition coefficient (Wildman–Crippen LogP) is 3.28. The number of nitrogens with zero attached hydrogens (tertiary/aromatic N) is 2. The van der Waals surface area contributed by atoms with Crippen LogP contribution in [-0.2, 0) is 4.79 Å². The van der Waals surface area contributed by atoms with Crippen molar-refractivity contribution < 1.29 is 9.59 Å². The van der Waals surface area contributed by atoms with Gasteiger partial charge < -0.3 is 10.2 Å². The van der Waals surface area contributed by atoms with E-state index in [1.54, 1.807) is 18.3 Å². The number of hydrogen-bond donors (Lipinski definition) is 1. The van der Waals surface area contributed by atoms with Crippen molar-refractivity contribution in [2.45, 2.75) is 25.7 Å². The summed E-state index contributed by atoms with van der Waals surface area (Å²) in [6, 6.07) is 12.8. The largest absolute Gasteiger partial charge is 0.357 e. The van der Waals surface area contributed by atoms with Crippen molar-refractivity contribution in [1.82, 2.24) is 4.98 Å². The summed E-state index contributed by atoms with van der Waals surface area (Å²) in [7, 11) is 0. The lowest BCUT2D eigenvalue weighted by molar-refractivity contribution is -0.116. The van der Waals surface area contributed by atoms with Gasteiger partial charge in [0.1, 0.15) is 5.82 Å². The van der Waals surface area contributed by atoms with Crippen LogP contribution in [0.4, 0.5) is 11.5 Å². The van der Waals surface area contributed by atoms with Crippen LogP contribution in [0.5, 0.6) is 0 Å². The van der Waals surface area contributed by atoms with E-state index in [2.05, 4.69) is 15.2 Å². The molecule has 5 nitrogen and oxygen atoms in total. The second-order valence-corrected chi connectivity index (χ2v) is 5.94. The number of benzene rings is 1. The van der Waals surface area contributed by atoms with E-state index < -0.39 is 0 Å². The molecule has 0 saturated carbocycles. The molecule has 1 aliphatic heterocycles. The third-order valence-electron chi connectivity index (χ3n) is 4.14. The van der Waals surface area contributed by atoms with Crippen LogP contribution in [0, 0.1) is 0 Å². The van der Waals surface area contributed by atoms with E-state index >= 15 is 0 Å². The summed E-state index contributed by atoms with van der Waals surface area (Å²) in [5.41, 5.74) is 1.30. The minimum atomic E-state index is -0.171. The molecule has 1 aromatic carbocycles. The molecule has 0 bridgehead atoms. The minimum Gasteiger partial charge on any atom is -0.357 e. The molecular weight excluding hydrogens is 302 g/mol. The number of Topliss-reactive ketones (excluding diaryl/α,β-unsaturated/α-hetero) is 1. The number of pyridine rings is 1. The first-order chi connectivity index (χ1) is 11.7. The highest BCUT2D eigenvalue weighted by atomic mass is 16.2. The van der Waals surface area contributed by atoms with Gasteiger partial charge in [-0.25, -0.2) is 4.98 Å². The summed E-state index contributed by atoms with van der Waals surface area (Å²) in [5.74, 6) is 0.757. The van der Waals surface area contributed by atoms with E-state index in [-0.39, 0.29) is 24.5 Å². The first-order valence-corrected chi connectivity index (χ1v) is 8.31. The van der Waals surface area contributed by atoms with E-state index in [0.717, 1.165) is 18.9 Å². The molecule has 1 N–H and O–H groups in total. The molecular formula is C19H21N3O2. The number of ketones is 1. The topological polar surface area (TPSA) is 62.3 Å². The molecule has 1 amide bonds. The summed E-state index contributed by atoms with van der Waals surface area (Å²) in [6.45, 7) is 2.08. The molecule has 0 unspecified atom stereocenters. The molecule has 2 heterocycles. The van der Waals surface area contributed by atoms with Gasteiger partial charge in [-0.2, -0.15) is 0 Å². The molecule has 1 saturated heterocycles. The Balaban J connectivity index is 1.48. The quantitative estimate of drug-likeness (QED) is 0.829. The summed E-state index contributed by atoms with van der Waals surface area (Å²) in [4.78, 5) is 30.6. The maximum atomic E-state index is 12.0. The molecule has 124 valence electrons. The van der Waals surface area contributed by atoms with E-state index in [1.165, 1.54) is 12.8 Å². The molecule has 0 spiro atoms. The summed E-state index contributed by atoms with van der Waals surface area (Å²) in [6.07, 6.45) is 4.45. The first kappa shape index (κ1) is 16.2. The van der Waals surface area contributed by atoms with E-state index in [0.29, 0.717) is 11.3 Å². The van der Waals surface area contributed by atoms with Gasteiger partial charge in [0.15, 0.2) is 5.78 Å². The van der Waals surface area contributed by atoms with Gasteiger partial charge in [0.05, 0.1) is 11.9 Å². The first-order valence-electron chi connectivity index (χ1n) is 8.31. The van der Waals surface area contributed by atoms with Crippen LogP contribution in [0.2, 0.25) is 0 Å². The standard InChI is InChI=1S/C19H21N3O2/c23-17(15-6-2-1-3-7-15)9-11-19(24)21-16-8-10-18(20-14-16)22-12-4-5-13-22/h1-3,6-8,10,14H,4-5,9,11-13H2,(H,21,24). The number of carbonyl (C=O) groups excluding carboxylic acids is 2. The number of carbonyl (C=O) groups is 2. The van der Waals surface area contributed by atoms with Gasteiger partial charge in [0.25, 0.3) is 0 Å². The molecule has 2 aromatic rings. The Morgan fingerprint density at radius 3 is 2.42 bits per heavy atom. The number of nitrogens with one attached hydrogen (secondary N) is 1. The van der Waals surface area contributed by atoms with Gasteiger partial charge in [0, 0.05) is 31.5 Å². The minimum absolute atomic E-state index is 0.0201. The van der Waals surface area contributed by atoms with E-state index in [9.17, 15) is 9.59 Å². The molecule has 0 radical (unpaired) electrons. The fourth-order valence-corrected chi connectivity index (χ4v) is 2.81. The predicted molar refractivity (Wildman–Crippen MR) is 94.3 cm³/mol. The average molecular weight is 323 g/mol. The molecule has 0 aliphatic carbocycles. The Bertz CT molecular complexity index is 692. The van der Waals surface area contributed by atoms with E-state index in [1.807, 2.05) is 30.3 Å². The van der Waals surface area contributed by atoms with Gasteiger partial charge in [-0.3, -0.25) is 9.59 Å². The van der Waals surface area contributed by atoms with Crippen molar-refractivity contribution in [3.8, 4) is 0 Å². The third kappa shape index (κ3) is 4.19. The maximum absolute atomic E-state index is 12.0. The highest BCUT2D eigenvalue weighted by Crippen LogP contribution is 2.19. The fraction of sp³-hybridized carbons (Fsp3) is 0.316. The van der Waals surface area contributed by atoms with Crippen molar-refractivity contribution in [3.05, 3.63) is 54.2 Å². The van der Waals surface area contributed by atoms with Crippen LogP contribution >= 0.6 is 0 Å². The lowest BCUT2D eigenvalue weighted by Gasteiger charge is -2.16. The zero-order valence-electron chi connectivity index (χ0n) is 13.6. The van der Waals surface area contributed by atoms with Gasteiger partial charge in [-0.15, -0.1) is 0 Å². The van der Waals surface area contributed by atoms with Crippen molar-refractivity contribution in [3.63, 3.8) is 0 Å². The summed E-state index contributed by atoms with van der Waals surface area (Å²) in [5, 5.41) is 2.79. The molecule has 1 fully saturated rings. The average Bonchev–Trinajstić information content (AvgIpc) is 3.16. The second kappa shape index (κ2) is 7.73. The Hall–Kier alpha value is -2.69. The third-order valence-corrected chi connectivity index (χ3v) is 4.14. The highest BCUT2D eigenvalue weighted by molar-refractivity contribution is 5.99. The molecule has 5 heteroatoms. The lowest BCUT2D eigenvalue weighted by atomic mass is 10.1. The SMILES string of the molecule is O=C(CCC(=O)c1ccccc1)Nc1ccc(N2CCCC2)nc1. The zero-order chi connectivity index (χ0) is 16.8. The molecule has 1 aliphatic rings. The smallest absolute Gasteiger partial charge is 0.224 e. The molecule has 3 rings (SSSR count). The van der Waals surface area contributed by atoms with Crippen LogP contribution in [0.25, 0.3) is 0 Å². The van der Waals surface area contributed by atoms with Crippen molar-refractivity contribution >= 4 is 23.2 Å². The molecule has 1 aromatic heterocycles. The van der Waals surface area contributed by atoms with E-state index in [4.69, 9.17) is 0 Å². The second-order valence-electron chi connectivity index (χ2n) is 5.94. The van der Waals surface area contributed by atoms with Gasteiger partial charge >= 0.3 is 0 Å². The molecule has 24 heavy (non-hydrogen) atoms. The zero-order valence-corrected chi connectivity index (χ0v) is 13.6. The number of amides is 1.